The van der Waals surface area contributed by atoms with Gasteiger partial charge in [-0.1, -0.05) is 52.0 Å². The van der Waals surface area contributed by atoms with Crippen molar-refractivity contribution in [1.29, 1.82) is 0 Å². The molecule has 3 aliphatic heterocycles. The number of aromatic nitrogens is 4. The fourth-order valence-electron chi connectivity index (χ4n) is 8.52. The van der Waals surface area contributed by atoms with Crippen LogP contribution in [0, 0.1) is 11.8 Å². The first kappa shape index (κ1) is 39.5. The van der Waals surface area contributed by atoms with E-state index in [2.05, 4.69) is 63.6 Å². The summed E-state index contributed by atoms with van der Waals surface area (Å²) in [5.74, 6) is 0.700. The van der Waals surface area contributed by atoms with Crippen molar-refractivity contribution in [2.75, 3.05) is 27.2 Å². The topological polar surface area (TPSA) is 192 Å². The summed E-state index contributed by atoms with van der Waals surface area (Å²) in [4.78, 5) is 73.0. The number of aromatic amines is 2. The van der Waals surface area contributed by atoms with E-state index >= 15 is 0 Å². The fraction of sp³-hybridized carbons (Fsp3) is 0.476. The zero-order chi connectivity index (χ0) is 40.5. The Labute approximate surface area is 332 Å². The number of alkyl carbamates (subject to hydrolysis) is 1. The highest BCUT2D eigenvalue weighted by Crippen LogP contribution is 2.39. The Morgan fingerprint density at radius 1 is 0.789 bits per heavy atom. The summed E-state index contributed by atoms with van der Waals surface area (Å²) in [6, 6.07) is 11.8. The molecule has 5 heterocycles. The lowest BCUT2D eigenvalue weighted by atomic mass is 9.93. The third-order valence-electron chi connectivity index (χ3n) is 11.4. The van der Waals surface area contributed by atoms with Crippen molar-refractivity contribution in [1.82, 2.24) is 40.0 Å². The number of carbonyl (C=O) groups is 4. The third-order valence-corrected chi connectivity index (χ3v) is 11.4. The molecule has 0 bridgehead atoms. The number of carbonyl (C=O) groups excluding carboxylic acids is 4. The summed E-state index contributed by atoms with van der Waals surface area (Å²) in [6.45, 7) is 10.1. The molecule has 0 radical (unpaired) electrons. The van der Waals surface area contributed by atoms with Crippen LogP contribution < -0.4 is 11.1 Å². The highest BCUT2D eigenvalue weighted by atomic mass is 16.6. The molecule has 57 heavy (non-hydrogen) atoms. The van der Waals surface area contributed by atoms with Gasteiger partial charge >= 0.3 is 12.2 Å². The van der Waals surface area contributed by atoms with Crippen molar-refractivity contribution < 1.29 is 28.7 Å². The molecule has 0 aliphatic carbocycles. The van der Waals surface area contributed by atoms with Crippen LogP contribution in [0.3, 0.4) is 0 Å². The van der Waals surface area contributed by atoms with E-state index in [0.29, 0.717) is 18.9 Å². The average Bonchev–Trinajstić information content (AvgIpc) is 4.01. The number of rotatable bonds is 10. The third kappa shape index (κ3) is 8.11. The maximum absolute atomic E-state index is 13.7. The van der Waals surface area contributed by atoms with Crippen molar-refractivity contribution in [3.63, 3.8) is 0 Å². The standard InChI is InChI=1S/C42H53N9O6/c1-23(2)35(48-42(55)56-6)39(52)50-15-7-9-33(50)37-44-19-31(46-37)25-11-13-29-27(17-25)21-49(5)22-28-18-26(12-14-30(28)29)32-20-45-38(47-32)34-10-8-16-51(34)40(53)36(24(3)4)57-41(43)54/h11-14,17-20,23-24,33-36H,7-10,15-16,21-22H2,1-6H3,(H2,43,54)(H,44,46)(H,45,47)(H,48,55)/t33?,34-,35-,36-/m0/s1. The quantitative estimate of drug-likeness (QED) is 0.152. The van der Waals surface area contributed by atoms with Crippen molar-refractivity contribution >= 4 is 24.0 Å². The van der Waals surface area contributed by atoms with E-state index in [1.165, 1.54) is 18.2 Å². The first-order valence-corrected chi connectivity index (χ1v) is 19.8. The van der Waals surface area contributed by atoms with Crippen LogP contribution in [0.4, 0.5) is 9.59 Å². The first-order valence-electron chi connectivity index (χ1n) is 19.8. The van der Waals surface area contributed by atoms with E-state index in [0.717, 1.165) is 78.2 Å². The number of likely N-dealkylation sites (tertiary alicyclic amines) is 2. The maximum Gasteiger partial charge on any atom is 0.407 e. The van der Waals surface area contributed by atoms with E-state index in [1.807, 2.05) is 45.0 Å². The van der Waals surface area contributed by atoms with Crippen molar-refractivity contribution in [3.05, 3.63) is 71.6 Å². The van der Waals surface area contributed by atoms with Crippen LogP contribution in [0.5, 0.6) is 0 Å². The van der Waals surface area contributed by atoms with Gasteiger partial charge in [-0.3, -0.25) is 14.5 Å². The Morgan fingerprint density at radius 3 is 1.75 bits per heavy atom. The van der Waals surface area contributed by atoms with Gasteiger partial charge in [0.25, 0.3) is 5.91 Å². The number of H-pyrrole nitrogens is 2. The number of hydrogen-bond acceptors (Lipinski definition) is 9. The summed E-state index contributed by atoms with van der Waals surface area (Å²) in [6.07, 6.45) is 4.31. The fourth-order valence-corrected chi connectivity index (χ4v) is 8.52. The molecule has 7 rings (SSSR count). The minimum absolute atomic E-state index is 0.111. The van der Waals surface area contributed by atoms with Crippen LogP contribution >= 0.6 is 0 Å². The Balaban J connectivity index is 1.10. The Kier molecular flexibility index (Phi) is 11.4. The van der Waals surface area contributed by atoms with E-state index < -0.39 is 24.3 Å². The summed E-state index contributed by atoms with van der Waals surface area (Å²) in [5, 5.41) is 2.71. The number of nitrogens with zero attached hydrogens (tertiary/aromatic N) is 5. The van der Waals surface area contributed by atoms with Gasteiger partial charge in [-0.25, -0.2) is 19.6 Å². The van der Waals surface area contributed by atoms with Gasteiger partial charge in [0.15, 0.2) is 6.10 Å². The van der Waals surface area contributed by atoms with Crippen molar-refractivity contribution in [3.8, 4) is 33.6 Å². The molecule has 2 aromatic heterocycles. The van der Waals surface area contributed by atoms with E-state index in [1.54, 1.807) is 4.90 Å². The van der Waals surface area contributed by atoms with E-state index in [4.69, 9.17) is 25.2 Å². The Hall–Kier alpha value is -5.70. The number of hydrogen-bond donors (Lipinski definition) is 4. The van der Waals surface area contributed by atoms with Crippen LogP contribution in [-0.2, 0) is 32.2 Å². The molecule has 15 heteroatoms. The molecule has 3 aliphatic rings. The molecule has 2 fully saturated rings. The predicted molar refractivity (Wildman–Crippen MR) is 213 cm³/mol. The van der Waals surface area contributed by atoms with Crippen LogP contribution in [-0.4, -0.2) is 98.0 Å². The SMILES string of the molecule is COC(=O)N[C@H](C(=O)N1CCCC1c1ncc(-c2ccc3c(c2)CN(C)Cc2cc(-c4cnc([C@@H]5CCCN5C(=O)[C@@H](OC(N)=O)C(C)C)[nH]4)ccc2-3)[nH]1)C(C)C. The van der Waals surface area contributed by atoms with Crippen molar-refractivity contribution in [2.45, 2.75) is 90.7 Å². The summed E-state index contributed by atoms with van der Waals surface area (Å²) >= 11 is 0. The molecular weight excluding hydrogens is 727 g/mol. The number of benzene rings is 2. The number of amides is 4. The van der Waals surface area contributed by atoms with Gasteiger partial charge in [0.1, 0.15) is 17.7 Å². The van der Waals surface area contributed by atoms with Crippen LogP contribution in [0.15, 0.2) is 48.8 Å². The molecule has 4 atom stereocenters. The normalized spacial score (nSPS) is 19.2. The molecule has 2 aromatic carbocycles. The number of ether oxygens (including phenoxy) is 2. The minimum atomic E-state index is -0.961. The molecule has 302 valence electrons. The zero-order valence-electron chi connectivity index (χ0n) is 33.5. The molecule has 2 saturated heterocycles. The van der Waals surface area contributed by atoms with Gasteiger partial charge in [0.2, 0.25) is 5.91 Å². The Morgan fingerprint density at radius 2 is 1.30 bits per heavy atom. The number of fused-ring (bicyclic) bond motifs is 3. The number of nitrogens with one attached hydrogen (secondary N) is 3. The second-order valence-electron chi connectivity index (χ2n) is 16.1. The van der Waals surface area contributed by atoms with Gasteiger partial charge in [0, 0.05) is 26.2 Å². The second kappa shape index (κ2) is 16.4. The number of nitrogens with two attached hydrogens (primary N) is 1. The number of methoxy groups -OCH3 is 1. The van der Waals surface area contributed by atoms with Crippen LogP contribution in [0.1, 0.15) is 88.2 Å². The summed E-state index contributed by atoms with van der Waals surface area (Å²) in [5.41, 5.74) is 13.7. The lowest BCUT2D eigenvalue weighted by Crippen LogP contribution is -2.51. The van der Waals surface area contributed by atoms with Crippen LogP contribution in [0.2, 0.25) is 0 Å². The molecule has 4 aromatic rings. The largest absolute Gasteiger partial charge is 0.453 e. The molecule has 15 nitrogen and oxygen atoms in total. The van der Waals surface area contributed by atoms with Crippen molar-refractivity contribution in [2.24, 2.45) is 17.6 Å². The highest BCUT2D eigenvalue weighted by Gasteiger charge is 2.39. The highest BCUT2D eigenvalue weighted by molar-refractivity contribution is 5.87. The summed E-state index contributed by atoms with van der Waals surface area (Å²) < 4.78 is 9.99. The van der Waals surface area contributed by atoms with Crippen LogP contribution in [0.25, 0.3) is 33.6 Å². The molecule has 0 spiro atoms. The first-order chi connectivity index (χ1) is 27.3. The maximum atomic E-state index is 13.7. The predicted octanol–water partition coefficient (Wildman–Crippen LogP) is 5.91. The minimum Gasteiger partial charge on any atom is -0.453 e. The Bertz CT molecular complexity index is 2140. The summed E-state index contributed by atoms with van der Waals surface area (Å²) in [7, 11) is 3.41. The zero-order valence-corrected chi connectivity index (χ0v) is 33.5. The van der Waals surface area contributed by atoms with Gasteiger partial charge in [-0.2, -0.15) is 0 Å². The lowest BCUT2D eigenvalue weighted by molar-refractivity contribution is -0.143. The monoisotopic (exact) mass is 779 g/mol. The molecule has 4 amide bonds. The number of primary amides is 1. The van der Waals surface area contributed by atoms with E-state index in [9.17, 15) is 19.2 Å². The van der Waals surface area contributed by atoms with Gasteiger partial charge in [-0.15, -0.1) is 0 Å². The second-order valence-corrected chi connectivity index (χ2v) is 16.1. The molecule has 5 N–H and O–H groups in total. The average molecular weight is 780 g/mol. The smallest absolute Gasteiger partial charge is 0.407 e. The van der Waals surface area contributed by atoms with Gasteiger partial charge in [0.05, 0.1) is 43.0 Å². The van der Waals surface area contributed by atoms with E-state index in [-0.39, 0.29) is 35.7 Å². The molecular formula is C42H53N9O6. The molecule has 0 saturated carbocycles. The lowest BCUT2D eigenvalue weighted by Gasteiger charge is -2.30. The van der Waals surface area contributed by atoms with Gasteiger partial charge in [-0.05, 0) is 90.1 Å². The molecule has 1 unspecified atom stereocenters. The number of imidazole rings is 2. The van der Waals surface area contributed by atoms with Gasteiger partial charge < -0.3 is 40.3 Å².